The van der Waals surface area contributed by atoms with Crippen LogP contribution in [0.4, 0.5) is 0 Å². The van der Waals surface area contributed by atoms with Gasteiger partial charge < -0.3 is 19.9 Å². The number of carbonyl (C=O) groups is 1. The zero-order chi connectivity index (χ0) is 22.5. The number of morpholine rings is 1. The molecule has 2 aliphatic rings. The number of rotatable bonds is 5. The fraction of sp³-hybridized carbons (Fsp3) is 0.462. The van der Waals surface area contributed by atoms with Crippen LogP contribution in [0.3, 0.4) is 0 Å². The van der Waals surface area contributed by atoms with Crippen LogP contribution in [0.5, 0.6) is 0 Å². The first-order chi connectivity index (χ1) is 15.5. The highest BCUT2D eigenvalue weighted by Gasteiger charge is 2.25. The van der Waals surface area contributed by atoms with Gasteiger partial charge in [0.05, 0.1) is 13.2 Å². The maximum atomic E-state index is 11.9. The highest BCUT2D eigenvalue weighted by atomic mass is 127. The number of carbonyl (C=O) groups excluding carboxylic acids is 1. The van der Waals surface area contributed by atoms with Crippen molar-refractivity contribution in [2.24, 2.45) is 4.99 Å². The number of amides is 1. The molecule has 1 amide bonds. The second kappa shape index (κ2) is 11.8. The summed E-state index contributed by atoms with van der Waals surface area (Å²) in [4.78, 5) is 20.7. The third-order valence-electron chi connectivity index (χ3n) is 6.34. The number of hydrogen-bond acceptors (Lipinski definition) is 3. The first-order valence-corrected chi connectivity index (χ1v) is 11.5. The molecule has 2 saturated heterocycles. The van der Waals surface area contributed by atoms with Gasteiger partial charge in [-0.25, -0.2) is 0 Å². The number of aryl methyl sites for hydroxylation is 2. The van der Waals surface area contributed by atoms with E-state index < -0.39 is 0 Å². The smallest absolute Gasteiger partial charge is 0.222 e. The topological polar surface area (TPSA) is 57.2 Å². The summed E-state index contributed by atoms with van der Waals surface area (Å²) < 4.78 is 6.10. The van der Waals surface area contributed by atoms with Gasteiger partial charge >= 0.3 is 0 Å². The second-order valence-electron chi connectivity index (χ2n) is 8.81. The van der Waals surface area contributed by atoms with E-state index in [-0.39, 0.29) is 36.0 Å². The molecule has 0 aliphatic carbocycles. The molecule has 6 nitrogen and oxygen atoms in total. The molecule has 2 aromatic rings. The molecule has 0 bridgehead atoms. The molecule has 0 saturated carbocycles. The van der Waals surface area contributed by atoms with E-state index in [2.05, 4.69) is 71.5 Å². The molecule has 0 aromatic heterocycles. The minimum Gasteiger partial charge on any atom is -0.370 e. The van der Waals surface area contributed by atoms with Crippen LogP contribution in [0, 0.1) is 13.8 Å². The molecule has 178 valence electrons. The van der Waals surface area contributed by atoms with Crippen molar-refractivity contribution in [2.45, 2.75) is 45.9 Å². The molecule has 2 aromatic carbocycles. The molecule has 0 radical (unpaired) electrons. The fourth-order valence-electron chi connectivity index (χ4n) is 4.66. The molecule has 1 N–H and O–H groups in total. The van der Waals surface area contributed by atoms with Crippen molar-refractivity contribution in [3.63, 3.8) is 0 Å². The Bertz CT molecular complexity index is 994. The maximum absolute atomic E-state index is 11.9. The lowest BCUT2D eigenvalue weighted by Gasteiger charge is -2.36. The van der Waals surface area contributed by atoms with Gasteiger partial charge in [-0.15, -0.1) is 24.0 Å². The minimum atomic E-state index is 0. The third-order valence-corrected chi connectivity index (χ3v) is 6.34. The lowest BCUT2D eigenvalue weighted by Crippen LogP contribution is -2.48. The summed E-state index contributed by atoms with van der Waals surface area (Å²) in [5.74, 6) is 1.16. The van der Waals surface area contributed by atoms with Crippen molar-refractivity contribution in [1.82, 2.24) is 15.1 Å². The fourth-order valence-corrected chi connectivity index (χ4v) is 4.66. The first kappa shape index (κ1) is 25.5. The molecular weight excluding hydrogens is 527 g/mol. The van der Waals surface area contributed by atoms with Crippen molar-refractivity contribution in [3.05, 3.63) is 70.3 Å². The zero-order valence-corrected chi connectivity index (χ0v) is 22.2. The molecule has 1 atom stereocenters. The van der Waals surface area contributed by atoms with E-state index in [0.717, 1.165) is 32.0 Å². The number of benzene rings is 2. The summed E-state index contributed by atoms with van der Waals surface area (Å²) in [7, 11) is 1.83. The molecular formula is C26H35IN4O2. The Morgan fingerprint density at radius 3 is 2.70 bits per heavy atom. The van der Waals surface area contributed by atoms with Crippen LogP contribution in [0.1, 0.15) is 46.8 Å². The Kier molecular flexibility index (Phi) is 9.14. The van der Waals surface area contributed by atoms with Crippen LogP contribution >= 0.6 is 24.0 Å². The number of ether oxygens (including phenoxy) is 1. The highest BCUT2D eigenvalue weighted by Crippen LogP contribution is 2.26. The predicted molar refractivity (Wildman–Crippen MR) is 143 cm³/mol. The molecule has 0 spiro atoms. The number of guanidine groups is 1. The van der Waals surface area contributed by atoms with Gasteiger partial charge in [0.1, 0.15) is 6.10 Å². The average Bonchev–Trinajstić information content (AvgIpc) is 3.19. The SMILES string of the molecule is CN=C(NCc1cccc(CN2CCCC2=O)c1)N1CCOC(c2ccc(C)cc2C)C1.I. The van der Waals surface area contributed by atoms with E-state index in [1.165, 1.54) is 27.8 Å². The Balaban J connectivity index is 0.00000306. The number of nitrogens with one attached hydrogen (secondary N) is 1. The lowest BCUT2D eigenvalue weighted by molar-refractivity contribution is -0.128. The van der Waals surface area contributed by atoms with Gasteiger partial charge in [-0.05, 0) is 42.5 Å². The Morgan fingerprint density at radius 1 is 1.15 bits per heavy atom. The normalized spacial score (nSPS) is 18.9. The minimum absolute atomic E-state index is 0. The van der Waals surface area contributed by atoms with Crippen molar-refractivity contribution in [3.8, 4) is 0 Å². The van der Waals surface area contributed by atoms with Crippen molar-refractivity contribution < 1.29 is 9.53 Å². The number of nitrogens with zero attached hydrogens (tertiary/aromatic N) is 3. The number of halogens is 1. The summed E-state index contributed by atoms with van der Waals surface area (Å²) in [5.41, 5.74) is 6.16. The van der Waals surface area contributed by atoms with E-state index in [4.69, 9.17) is 4.74 Å². The standard InChI is InChI=1S/C26H34N4O2.HI/c1-19-9-10-23(20(2)14-19)24-18-30(12-13-32-24)26(27-3)28-16-21-6-4-7-22(15-21)17-29-11-5-8-25(29)31;/h4,6-7,9-10,14-15,24H,5,8,11-13,16-18H2,1-3H3,(H,27,28);1H. The molecule has 7 heteroatoms. The molecule has 2 aliphatic heterocycles. The van der Waals surface area contributed by atoms with Crippen molar-refractivity contribution >= 4 is 35.8 Å². The molecule has 1 unspecified atom stereocenters. The van der Waals surface area contributed by atoms with Gasteiger partial charge in [0.25, 0.3) is 0 Å². The number of likely N-dealkylation sites (tertiary alicyclic amines) is 1. The predicted octanol–water partition coefficient (Wildman–Crippen LogP) is 4.19. The maximum Gasteiger partial charge on any atom is 0.222 e. The van der Waals surface area contributed by atoms with Gasteiger partial charge in [0.2, 0.25) is 5.91 Å². The van der Waals surface area contributed by atoms with E-state index in [0.29, 0.717) is 26.1 Å². The number of hydrogen-bond donors (Lipinski definition) is 1. The second-order valence-corrected chi connectivity index (χ2v) is 8.81. The van der Waals surface area contributed by atoms with Crippen molar-refractivity contribution in [1.29, 1.82) is 0 Å². The zero-order valence-electron chi connectivity index (χ0n) is 19.8. The summed E-state index contributed by atoms with van der Waals surface area (Å²) in [6.07, 6.45) is 1.70. The van der Waals surface area contributed by atoms with Gasteiger partial charge in [-0.2, -0.15) is 0 Å². The quantitative estimate of drug-likeness (QED) is 0.338. The van der Waals surface area contributed by atoms with Crippen LogP contribution in [-0.2, 0) is 22.6 Å². The Morgan fingerprint density at radius 2 is 1.97 bits per heavy atom. The largest absolute Gasteiger partial charge is 0.370 e. The Labute approximate surface area is 214 Å². The van der Waals surface area contributed by atoms with Crippen LogP contribution < -0.4 is 5.32 Å². The lowest BCUT2D eigenvalue weighted by atomic mass is 10.00. The summed E-state index contributed by atoms with van der Waals surface area (Å²) in [6.45, 7) is 8.81. The summed E-state index contributed by atoms with van der Waals surface area (Å²) in [6, 6.07) is 15.0. The first-order valence-electron chi connectivity index (χ1n) is 11.5. The molecule has 2 fully saturated rings. The van der Waals surface area contributed by atoms with Crippen LogP contribution in [0.25, 0.3) is 0 Å². The van der Waals surface area contributed by atoms with Crippen molar-refractivity contribution in [2.75, 3.05) is 33.3 Å². The third kappa shape index (κ3) is 6.47. The van der Waals surface area contributed by atoms with Crippen LogP contribution in [0.2, 0.25) is 0 Å². The highest BCUT2D eigenvalue weighted by molar-refractivity contribution is 14.0. The van der Waals surface area contributed by atoms with Crippen LogP contribution in [0.15, 0.2) is 47.5 Å². The van der Waals surface area contributed by atoms with Gasteiger partial charge in [-0.3, -0.25) is 9.79 Å². The van der Waals surface area contributed by atoms with E-state index in [9.17, 15) is 4.79 Å². The van der Waals surface area contributed by atoms with Gasteiger partial charge in [-0.1, -0.05) is 48.0 Å². The molecule has 33 heavy (non-hydrogen) atoms. The van der Waals surface area contributed by atoms with E-state index in [1.807, 2.05) is 11.9 Å². The van der Waals surface area contributed by atoms with Crippen LogP contribution in [-0.4, -0.2) is 55.0 Å². The average molecular weight is 562 g/mol. The molecule has 4 rings (SSSR count). The van der Waals surface area contributed by atoms with E-state index >= 15 is 0 Å². The monoisotopic (exact) mass is 562 g/mol. The summed E-state index contributed by atoms with van der Waals surface area (Å²) in [5, 5.41) is 3.52. The number of aliphatic imine (C=N–C) groups is 1. The van der Waals surface area contributed by atoms with Gasteiger partial charge in [0.15, 0.2) is 5.96 Å². The van der Waals surface area contributed by atoms with E-state index in [1.54, 1.807) is 0 Å². The molecule has 2 heterocycles. The summed E-state index contributed by atoms with van der Waals surface area (Å²) >= 11 is 0. The Hall–Kier alpha value is -2.13. The van der Waals surface area contributed by atoms with Gasteiger partial charge in [0, 0.05) is 39.6 Å².